The molecule has 0 bridgehead atoms. The minimum Gasteiger partial charge on any atom is -0.316 e. The van der Waals surface area contributed by atoms with Crippen LogP contribution in [0.4, 0.5) is 0 Å². The third-order valence-corrected chi connectivity index (χ3v) is 3.97. The monoisotopic (exact) mass is 291 g/mol. The number of hydrogen-bond acceptors (Lipinski definition) is 3. The smallest absolute Gasteiger partial charge is 0.0702 e. The molecule has 1 aliphatic rings. The summed E-state index contributed by atoms with van der Waals surface area (Å²) >= 11 is 0. The van der Waals surface area contributed by atoms with Gasteiger partial charge in [-0.1, -0.05) is 18.2 Å². The number of pyridine rings is 1. The summed E-state index contributed by atoms with van der Waals surface area (Å²) in [6.07, 6.45) is 4.60. The van der Waals surface area contributed by atoms with Crippen molar-refractivity contribution in [2.75, 3.05) is 20.1 Å². The van der Waals surface area contributed by atoms with Gasteiger partial charge in [-0.3, -0.25) is 9.88 Å². The molecule has 0 aliphatic carbocycles. The third kappa shape index (κ3) is 3.48. The van der Waals surface area contributed by atoms with E-state index in [0.717, 1.165) is 18.6 Å². The first-order valence-electron chi connectivity index (χ1n) is 7.08. The van der Waals surface area contributed by atoms with Crippen LogP contribution >= 0.6 is 12.4 Å². The number of fused-ring (bicyclic) bond motifs is 1. The lowest BCUT2D eigenvalue weighted by Gasteiger charge is -2.32. The van der Waals surface area contributed by atoms with Gasteiger partial charge in [0.15, 0.2) is 0 Å². The summed E-state index contributed by atoms with van der Waals surface area (Å²) in [5, 5.41) is 4.63. The molecule has 0 amide bonds. The van der Waals surface area contributed by atoms with Gasteiger partial charge in [-0.2, -0.15) is 0 Å². The number of likely N-dealkylation sites (tertiary alicyclic amines) is 1. The number of aromatic nitrogens is 1. The molecule has 2 aromatic rings. The minimum absolute atomic E-state index is 0. The SMILES string of the molecule is CNC1CCCN(Cc2cnc3ccccc3c2)C1.Cl. The quantitative estimate of drug-likeness (QED) is 0.942. The summed E-state index contributed by atoms with van der Waals surface area (Å²) in [5.41, 5.74) is 2.40. The van der Waals surface area contributed by atoms with Crippen LogP contribution in [-0.2, 0) is 6.54 Å². The van der Waals surface area contributed by atoms with Gasteiger partial charge in [0.1, 0.15) is 0 Å². The van der Waals surface area contributed by atoms with Gasteiger partial charge in [-0.05, 0) is 44.1 Å². The van der Waals surface area contributed by atoms with E-state index in [1.807, 2.05) is 12.3 Å². The van der Waals surface area contributed by atoms with Crippen LogP contribution < -0.4 is 5.32 Å². The first-order valence-corrected chi connectivity index (χ1v) is 7.08. The maximum absolute atomic E-state index is 4.54. The Balaban J connectivity index is 0.00000147. The van der Waals surface area contributed by atoms with Crippen LogP contribution in [0.3, 0.4) is 0 Å². The maximum Gasteiger partial charge on any atom is 0.0702 e. The average Bonchev–Trinajstić information content (AvgIpc) is 2.47. The summed E-state index contributed by atoms with van der Waals surface area (Å²) in [6.45, 7) is 3.35. The number of halogens is 1. The van der Waals surface area contributed by atoms with Crippen LogP contribution in [0.5, 0.6) is 0 Å². The Morgan fingerprint density at radius 3 is 3.05 bits per heavy atom. The van der Waals surface area contributed by atoms with E-state index in [2.05, 4.69) is 46.5 Å². The molecule has 3 rings (SSSR count). The van der Waals surface area contributed by atoms with E-state index in [4.69, 9.17) is 0 Å². The lowest BCUT2D eigenvalue weighted by Crippen LogP contribution is -2.43. The molecular weight excluding hydrogens is 270 g/mol. The van der Waals surface area contributed by atoms with E-state index in [1.165, 1.54) is 30.3 Å². The zero-order chi connectivity index (χ0) is 13.1. The van der Waals surface area contributed by atoms with E-state index >= 15 is 0 Å². The van der Waals surface area contributed by atoms with Crippen LogP contribution in [0.2, 0.25) is 0 Å². The Bertz CT molecular complexity index is 558. The molecule has 0 spiro atoms. The highest BCUT2D eigenvalue weighted by molar-refractivity contribution is 5.85. The highest BCUT2D eigenvalue weighted by atomic mass is 35.5. The fraction of sp³-hybridized carbons (Fsp3) is 0.438. The summed E-state index contributed by atoms with van der Waals surface area (Å²) in [4.78, 5) is 7.07. The number of nitrogens with one attached hydrogen (secondary N) is 1. The predicted octanol–water partition coefficient (Wildman–Crippen LogP) is 2.84. The van der Waals surface area contributed by atoms with Crippen molar-refractivity contribution in [2.45, 2.75) is 25.4 Å². The second-order valence-corrected chi connectivity index (χ2v) is 5.40. The van der Waals surface area contributed by atoms with E-state index in [9.17, 15) is 0 Å². The molecule has 1 saturated heterocycles. The van der Waals surface area contributed by atoms with Gasteiger partial charge < -0.3 is 5.32 Å². The van der Waals surface area contributed by atoms with Gasteiger partial charge in [-0.15, -0.1) is 12.4 Å². The van der Waals surface area contributed by atoms with E-state index in [-0.39, 0.29) is 12.4 Å². The molecule has 0 radical (unpaired) electrons. The Morgan fingerprint density at radius 1 is 1.35 bits per heavy atom. The second-order valence-electron chi connectivity index (χ2n) is 5.40. The molecule has 1 aromatic heterocycles. The molecule has 1 aromatic carbocycles. The molecular formula is C16H22ClN3. The molecule has 108 valence electrons. The number of benzene rings is 1. The molecule has 20 heavy (non-hydrogen) atoms. The first-order chi connectivity index (χ1) is 9.35. The van der Waals surface area contributed by atoms with Crippen LogP contribution in [0, 0.1) is 0 Å². The number of likely N-dealkylation sites (N-methyl/N-ethyl adjacent to an activating group) is 1. The van der Waals surface area contributed by atoms with Crippen molar-refractivity contribution in [1.29, 1.82) is 0 Å². The summed E-state index contributed by atoms with van der Waals surface area (Å²) in [5.74, 6) is 0. The first kappa shape index (κ1) is 15.2. The molecule has 0 saturated carbocycles. The summed E-state index contributed by atoms with van der Waals surface area (Å²) < 4.78 is 0. The van der Waals surface area contributed by atoms with Crippen LogP contribution in [0.25, 0.3) is 10.9 Å². The van der Waals surface area contributed by atoms with Crippen molar-refractivity contribution in [1.82, 2.24) is 15.2 Å². The van der Waals surface area contributed by atoms with E-state index in [1.54, 1.807) is 0 Å². The largest absolute Gasteiger partial charge is 0.316 e. The van der Waals surface area contributed by atoms with Gasteiger partial charge in [0.2, 0.25) is 0 Å². The average molecular weight is 292 g/mol. The summed E-state index contributed by atoms with van der Waals surface area (Å²) in [7, 11) is 2.06. The van der Waals surface area contributed by atoms with Crippen LogP contribution in [-0.4, -0.2) is 36.1 Å². The van der Waals surface area contributed by atoms with Crippen molar-refractivity contribution in [3.63, 3.8) is 0 Å². The van der Waals surface area contributed by atoms with Gasteiger partial charge in [-0.25, -0.2) is 0 Å². The van der Waals surface area contributed by atoms with Crippen molar-refractivity contribution >= 4 is 23.3 Å². The Labute approximate surface area is 126 Å². The van der Waals surface area contributed by atoms with Gasteiger partial charge in [0.05, 0.1) is 5.52 Å². The minimum atomic E-state index is 0. The lowest BCUT2D eigenvalue weighted by atomic mass is 10.0. The fourth-order valence-electron chi connectivity index (χ4n) is 2.90. The molecule has 2 heterocycles. The molecule has 4 heteroatoms. The number of rotatable bonds is 3. The maximum atomic E-state index is 4.54. The Hall–Kier alpha value is -1.16. The predicted molar refractivity (Wildman–Crippen MR) is 86.3 cm³/mol. The lowest BCUT2D eigenvalue weighted by molar-refractivity contribution is 0.188. The van der Waals surface area contributed by atoms with Gasteiger partial charge in [0, 0.05) is 30.7 Å². The second kappa shape index (κ2) is 7.02. The molecule has 1 aliphatic heterocycles. The van der Waals surface area contributed by atoms with Crippen molar-refractivity contribution in [3.05, 3.63) is 42.1 Å². The number of para-hydroxylation sites is 1. The highest BCUT2D eigenvalue weighted by Crippen LogP contribution is 2.16. The third-order valence-electron chi connectivity index (χ3n) is 3.97. The zero-order valence-electron chi connectivity index (χ0n) is 11.9. The normalized spacial score (nSPS) is 19.8. The fourth-order valence-corrected chi connectivity index (χ4v) is 2.90. The van der Waals surface area contributed by atoms with Crippen molar-refractivity contribution in [2.24, 2.45) is 0 Å². The molecule has 1 N–H and O–H groups in total. The molecule has 3 nitrogen and oxygen atoms in total. The van der Waals surface area contributed by atoms with Gasteiger partial charge in [0.25, 0.3) is 0 Å². The number of piperidine rings is 1. The van der Waals surface area contributed by atoms with Crippen molar-refractivity contribution < 1.29 is 0 Å². The molecule has 1 atom stereocenters. The van der Waals surface area contributed by atoms with Crippen molar-refractivity contribution in [3.8, 4) is 0 Å². The van der Waals surface area contributed by atoms with Crippen LogP contribution in [0.15, 0.2) is 36.5 Å². The van der Waals surface area contributed by atoms with E-state index < -0.39 is 0 Å². The Morgan fingerprint density at radius 2 is 2.20 bits per heavy atom. The van der Waals surface area contributed by atoms with Crippen LogP contribution in [0.1, 0.15) is 18.4 Å². The molecule has 1 unspecified atom stereocenters. The number of nitrogens with zero attached hydrogens (tertiary/aromatic N) is 2. The Kier molecular flexibility index (Phi) is 5.35. The molecule has 1 fully saturated rings. The van der Waals surface area contributed by atoms with Gasteiger partial charge >= 0.3 is 0 Å². The number of hydrogen-bond donors (Lipinski definition) is 1. The topological polar surface area (TPSA) is 28.2 Å². The standard InChI is InChI=1S/C16H21N3.ClH/c1-17-15-6-4-8-19(12-15)11-13-9-14-5-2-3-7-16(14)18-10-13;/h2-3,5,7,9-10,15,17H,4,6,8,11-12H2,1H3;1H. The summed E-state index contributed by atoms with van der Waals surface area (Å²) in [6, 6.07) is 11.2. The van der Waals surface area contributed by atoms with E-state index in [0.29, 0.717) is 6.04 Å². The highest BCUT2D eigenvalue weighted by Gasteiger charge is 2.18. The zero-order valence-corrected chi connectivity index (χ0v) is 12.7.